The van der Waals surface area contributed by atoms with Crippen LogP contribution < -0.4 is 0 Å². The number of hydrogen-bond donors (Lipinski definition) is 0. The molecule has 2 nitrogen and oxygen atoms in total. The van der Waals surface area contributed by atoms with Gasteiger partial charge in [-0.25, -0.2) is 0 Å². The van der Waals surface area contributed by atoms with Crippen molar-refractivity contribution >= 4 is 0 Å². The topological polar surface area (TPSA) is 18.5 Å². The molecule has 2 heteroatoms. The standard InChI is InChI=1S/C36H38O2.C2H6/c1-34(2,3)38-24-22-36(32-19-11-7-15-28(32)29-16-8-12-20-33(29)36)25-35(21-23-37-4)30-17-9-5-13-26(30)27-14-6-10-18-31(27)35;1-2/h5-20H,21-25H2,1-4H3;1-2H3. The van der Waals surface area contributed by atoms with Crippen LogP contribution in [0.15, 0.2) is 97.1 Å². The molecule has 0 fully saturated rings. The molecule has 0 aliphatic heterocycles. The number of hydrogen-bond acceptors (Lipinski definition) is 2. The molecular weight excluding hydrogens is 488 g/mol. The lowest BCUT2D eigenvalue weighted by Crippen LogP contribution is -2.39. The summed E-state index contributed by atoms with van der Waals surface area (Å²) in [6.07, 6.45) is 2.83. The number of methoxy groups -OCH3 is 1. The van der Waals surface area contributed by atoms with Gasteiger partial charge in [-0.15, -0.1) is 0 Å². The van der Waals surface area contributed by atoms with Gasteiger partial charge in [0.05, 0.1) is 5.60 Å². The zero-order valence-corrected chi connectivity index (χ0v) is 25.1. The van der Waals surface area contributed by atoms with E-state index < -0.39 is 0 Å². The fraction of sp³-hybridized carbons (Fsp3) is 0.368. The van der Waals surface area contributed by atoms with Crippen LogP contribution in [0.3, 0.4) is 0 Å². The molecule has 6 rings (SSSR count). The first-order chi connectivity index (χ1) is 19.4. The van der Waals surface area contributed by atoms with Gasteiger partial charge in [0.2, 0.25) is 0 Å². The summed E-state index contributed by atoms with van der Waals surface area (Å²) < 4.78 is 12.2. The van der Waals surface area contributed by atoms with Crippen LogP contribution in [0.4, 0.5) is 0 Å². The van der Waals surface area contributed by atoms with Crippen molar-refractivity contribution in [2.75, 3.05) is 20.3 Å². The van der Waals surface area contributed by atoms with E-state index >= 15 is 0 Å². The Bertz CT molecular complexity index is 1370. The van der Waals surface area contributed by atoms with Crippen molar-refractivity contribution in [1.29, 1.82) is 0 Å². The summed E-state index contributed by atoms with van der Waals surface area (Å²) in [7, 11) is 1.83. The summed E-state index contributed by atoms with van der Waals surface area (Å²) in [6, 6.07) is 36.2. The molecule has 0 aromatic heterocycles. The van der Waals surface area contributed by atoms with Gasteiger partial charge < -0.3 is 9.47 Å². The van der Waals surface area contributed by atoms with Gasteiger partial charge in [0.15, 0.2) is 0 Å². The fourth-order valence-electron chi connectivity index (χ4n) is 7.25. The minimum Gasteiger partial charge on any atom is -0.385 e. The quantitative estimate of drug-likeness (QED) is 0.225. The van der Waals surface area contributed by atoms with Crippen molar-refractivity contribution < 1.29 is 9.47 Å². The van der Waals surface area contributed by atoms with Gasteiger partial charge in [-0.1, -0.05) is 111 Å². The molecule has 0 heterocycles. The molecule has 4 aromatic carbocycles. The van der Waals surface area contributed by atoms with E-state index in [-0.39, 0.29) is 16.4 Å². The van der Waals surface area contributed by atoms with Gasteiger partial charge in [-0.3, -0.25) is 0 Å². The van der Waals surface area contributed by atoms with E-state index in [9.17, 15) is 0 Å². The molecule has 0 bridgehead atoms. The molecule has 0 spiro atoms. The van der Waals surface area contributed by atoms with Crippen LogP contribution in [0.2, 0.25) is 0 Å². The van der Waals surface area contributed by atoms with Gasteiger partial charge >= 0.3 is 0 Å². The molecule has 4 aromatic rings. The van der Waals surface area contributed by atoms with E-state index in [0.717, 1.165) is 19.3 Å². The predicted molar refractivity (Wildman–Crippen MR) is 168 cm³/mol. The van der Waals surface area contributed by atoms with Gasteiger partial charge in [0.25, 0.3) is 0 Å². The second kappa shape index (κ2) is 11.4. The van der Waals surface area contributed by atoms with Crippen LogP contribution in [-0.4, -0.2) is 25.9 Å². The van der Waals surface area contributed by atoms with Gasteiger partial charge in [-0.2, -0.15) is 0 Å². The molecule has 0 amide bonds. The molecule has 0 saturated heterocycles. The Morgan fingerprint density at radius 2 is 0.850 bits per heavy atom. The van der Waals surface area contributed by atoms with E-state index in [1.165, 1.54) is 44.5 Å². The maximum atomic E-state index is 6.44. The third-order valence-corrected chi connectivity index (χ3v) is 8.75. The number of fused-ring (bicyclic) bond motifs is 6. The van der Waals surface area contributed by atoms with Gasteiger partial charge in [0, 0.05) is 31.2 Å². The predicted octanol–water partition coefficient (Wildman–Crippen LogP) is 9.58. The number of rotatable bonds is 8. The van der Waals surface area contributed by atoms with Crippen molar-refractivity contribution in [1.82, 2.24) is 0 Å². The van der Waals surface area contributed by atoms with Crippen LogP contribution >= 0.6 is 0 Å². The fourth-order valence-corrected chi connectivity index (χ4v) is 7.25. The first-order valence-electron chi connectivity index (χ1n) is 14.9. The highest BCUT2D eigenvalue weighted by atomic mass is 16.5. The maximum absolute atomic E-state index is 6.44. The van der Waals surface area contributed by atoms with Crippen molar-refractivity contribution in [3.05, 3.63) is 119 Å². The van der Waals surface area contributed by atoms with Crippen LogP contribution in [0.25, 0.3) is 22.3 Å². The van der Waals surface area contributed by atoms with Crippen molar-refractivity contribution in [2.45, 2.75) is 70.3 Å². The Balaban J connectivity index is 0.00000158. The molecule has 0 N–H and O–H groups in total. The molecule has 40 heavy (non-hydrogen) atoms. The number of benzene rings is 4. The smallest absolute Gasteiger partial charge is 0.0598 e. The third-order valence-electron chi connectivity index (χ3n) is 8.75. The highest BCUT2D eigenvalue weighted by Crippen LogP contribution is 2.61. The summed E-state index contributed by atoms with van der Waals surface area (Å²) >= 11 is 0. The summed E-state index contributed by atoms with van der Waals surface area (Å²) in [5.41, 5.74) is 10.6. The number of ether oxygens (including phenoxy) is 2. The van der Waals surface area contributed by atoms with Gasteiger partial charge in [0.1, 0.15) is 0 Å². The highest BCUT2D eigenvalue weighted by molar-refractivity contribution is 5.84. The highest BCUT2D eigenvalue weighted by Gasteiger charge is 2.52. The Kier molecular flexibility index (Phi) is 8.04. The minimum atomic E-state index is -0.184. The van der Waals surface area contributed by atoms with E-state index in [2.05, 4.69) is 118 Å². The zero-order valence-electron chi connectivity index (χ0n) is 25.1. The molecule has 2 aliphatic rings. The third kappa shape index (κ3) is 4.72. The lowest BCUT2D eigenvalue weighted by Gasteiger charge is -2.43. The van der Waals surface area contributed by atoms with E-state index in [0.29, 0.717) is 13.2 Å². The summed E-state index contributed by atoms with van der Waals surface area (Å²) in [5.74, 6) is 0. The van der Waals surface area contributed by atoms with Crippen molar-refractivity contribution in [2.24, 2.45) is 0 Å². The summed E-state index contributed by atoms with van der Waals surface area (Å²) in [6.45, 7) is 11.9. The van der Waals surface area contributed by atoms with E-state index in [4.69, 9.17) is 9.47 Å². The van der Waals surface area contributed by atoms with Crippen molar-refractivity contribution in [3.8, 4) is 22.3 Å². The lowest BCUT2D eigenvalue weighted by molar-refractivity contribution is -0.0110. The Morgan fingerprint density at radius 1 is 0.525 bits per heavy atom. The Labute approximate surface area is 241 Å². The lowest BCUT2D eigenvalue weighted by atomic mass is 9.60. The SMILES string of the molecule is CC.COCCC1(CC2(CCOC(C)(C)C)c3ccccc3-c3ccccc32)c2ccccc2-c2ccccc21. The zero-order chi connectivity index (χ0) is 28.4. The normalized spacial score (nSPS) is 15.3. The molecule has 0 saturated carbocycles. The van der Waals surface area contributed by atoms with Crippen LogP contribution in [-0.2, 0) is 20.3 Å². The van der Waals surface area contributed by atoms with E-state index in [1.54, 1.807) is 0 Å². The van der Waals surface area contributed by atoms with E-state index in [1.807, 2.05) is 21.0 Å². The first kappa shape index (κ1) is 28.3. The van der Waals surface area contributed by atoms with Crippen molar-refractivity contribution in [3.63, 3.8) is 0 Å². The van der Waals surface area contributed by atoms with Crippen LogP contribution in [0, 0.1) is 0 Å². The van der Waals surface area contributed by atoms with Gasteiger partial charge in [-0.05, 0) is 84.5 Å². The summed E-state index contributed by atoms with van der Waals surface area (Å²) in [5, 5.41) is 0. The molecule has 0 atom stereocenters. The Morgan fingerprint density at radius 3 is 1.18 bits per heavy atom. The second-order valence-electron chi connectivity index (χ2n) is 12.0. The average Bonchev–Trinajstić information content (AvgIpc) is 3.41. The first-order valence-corrected chi connectivity index (χ1v) is 14.9. The minimum absolute atomic E-state index is 0.171. The largest absolute Gasteiger partial charge is 0.385 e. The second-order valence-corrected chi connectivity index (χ2v) is 12.0. The molecule has 0 unspecified atom stereocenters. The van der Waals surface area contributed by atoms with Crippen LogP contribution in [0.1, 0.15) is 76.1 Å². The Hall–Kier alpha value is -3.20. The molecule has 208 valence electrons. The molecule has 2 aliphatic carbocycles. The average molecular weight is 533 g/mol. The van der Waals surface area contributed by atoms with Crippen LogP contribution in [0.5, 0.6) is 0 Å². The monoisotopic (exact) mass is 532 g/mol. The molecule has 0 radical (unpaired) electrons. The molecular formula is C38H44O2. The maximum Gasteiger partial charge on any atom is 0.0598 e. The summed E-state index contributed by atoms with van der Waals surface area (Å²) in [4.78, 5) is 0.